The lowest BCUT2D eigenvalue weighted by Gasteiger charge is -2.04. The van der Waals surface area contributed by atoms with Crippen molar-refractivity contribution < 1.29 is 15.0 Å². The van der Waals surface area contributed by atoms with E-state index in [1.165, 1.54) is 96.0 Å². The lowest BCUT2D eigenvalue weighted by atomic mass is 10.0. The molecule has 0 atom stereocenters. The summed E-state index contributed by atoms with van der Waals surface area (Å²) in [6.45, 7) is 2.27. The van der Waals surface area contributed by atoms with Gasteiger partial charge in [0, 0.05) is 6.42 Å². The van der Waals surface area contributed by atoms with Crippen LogP contribution in [0.2, 0.25) is 0 Å². The first-order valence-electron chi connectivity index (χ1n) is 10.8. The van der Waals surface area contributed by atoms with Gasteiger partial charge in [-0.15, -0.1) is 0 Å². The van der Waals surface area contributed by atoms with Crippen LogP contribution in [-0.2, 0) is 4.79 Å². The van der Waals surface area contributed by atoms with Crippen molar-refractivity contribution in [3.05, 3.63) is 11.8 Å². The Morgan fingerprint density at radius 3 is 1.36 bits per heavy atom. The average molecular weight is 355 g/mol. The molecule has 25 heavy (non-hydrogen) atoms. The van der Waals surface area contributed by atoms with Crippen molar-refractivity contribution in [1.29, 1.82) is 0 Å². The number of aliphatic carboxylic acids is 1. The highest BCUT2D eigenvalue weighted by molar-refractivity contribution is 5.68. The summed E-state index contributed by atoms with van der Waals surface area (Å²) in [5.41, 5.74) is 0. The molecule has 148 valence electrons. The lowest BCUT2D eigenvalue weighted by molar-refractivity contribution is -0.136. The molecule has 0 saturated heterocycles. The third-order valence-electron chi connectivity index (χ3n) is 4.80. The second kappa shape index (κ2) is 19.3. The Labute approximate surface area is 155 Å². The number of allylic oxidation sites excluding steroid dienone is 1. The monoisotopic (exact) mass is 354 g/mol. The van der Waals surface area contributed by atoms with Crippen molar-refractivity contribution in [2.45, 2.75) is 122 Å². The molecule has 0 aliphatic rings. The average Bonchev–Trinajstić information content (AvgIpc) is 2.59. The summed E-state index contributed by atoms with van der Waals surface area (Å²) in [5, 5.41) is 18.0. The zero-order valence-electron chi connectivity index (χ0n) is 16.6. The van der Waals surface area contributed by atoms with Crippen LogP contribution in [0.3, 0.4) is 0 Å². The van der Waals surface area contributed by atoms with Crippen molar-refractivity contribution in [3.8, 4) is 0 Å². The van der Waals surface area contributed by atoms with Crippen LogP contribution >= 0.6 is 0 Å². The van der Waals surface area contributed by atoms with E-state index in [0.29, 0.717) is 6.42 Å². The molecule has 0 aliphatic heterocycles. The molecule has 0 amide bonds. The summed E-state index contributed by atoms with van der Waals surface area (Å²) in [6.07, 6.45) is 23.3. The second-order valence-electron chi connectivity index (χ2n) is 7.35. The SMILES string of the molecule is CCCCCCCCCCCCCCCCCCC(O)=CCC(=O)O. The third-order valence-corrected chi connectivity index (χ3v) is 4.80. The van der Waals surface area contributed by atoms with Crippen LogP contribution in [0.1, 0.15) is 122 Å². The van der Waals surface area contributed by atoms with Gasteiger partial charge < -0.3 is 10.2 Å². The van der Waals surface area contributed by atoms with E-state index in [9.17, 15) is 9.90 Å². The number of rotatable bonds is 19. The molecule has 2 N–H and O–H groups in total. The van der Waals surface area contributed by atoms with Crippen molar-refractivity contribution in [2.75, 3.05) is 0 Å². The van der Waals surface area contributed by atoms with Gasteiger partial charge in [-0.25, -0.2) is 0 Å². The van der Waals surface area contributed by atoms with Gasteiger partial charge in [-0.2, -0.15) is 0 Å². The third kappa shape index (κ3) is 21.0. The molecule has 3 heteroatoms. The largest absolute Gasteiger partial charge is 0.513 e. The Morgan fingerprint density at radius 2 is 1.00 bits per heavy atom. The molecular weight excluding hydrogens is 312 g/mol. The van der Waals surface area contributed by atoms with Crippen molar-refractivity contribution in [2.24, 2.45) is 0 Å². The Hall–Kier alpha value is -0.990. The number of carbonyl (C=O) groups is 1. The number of aliphatic hydroxyl groups excluding tert-OH is 1. The molecule has 0 saturated carbocycles. The lowest BCUT2D eigenvalue weighted by Crippen LogP contribution is -1.92. The minimum atomic E-state index is -0.890. The quantitative estimate of drug-likeness (QED) is 0.186. The molecule has 0 spiro atoms. The predicted molar refractivity (Wildman–Crippen MR) is 107 cm³/mol. The fourth-order valence-electron chi connectivity index (χ4n) is 3.16. The van der Waals surface area contributed by atoms with Gasteiger partial charge in [0.2, 0.25) is 0 Å². The van der Waals surface area contributed by atoms with Crippen LogP contribution in [0.4, 0.5) is 0 Å². The summed E-state index contributed by atoms with van der Waals surface area (Å²) < 4.78 is 0. The number of hydrogen-bond acceptors (Lipinski definition) is 2. The fourth-order valence-corrected chi connectivity index (χ4v) is 3.16. The summed E-state index contributed by atoms with van der Waals surface area (Å²) in [4.78, 5) is 10.4. The van der Waals surface area contributed by atoms with Crippen LogP contribution < -0.4 is 0 Å². The van der Waals surface area contributed by atoms with E-state index in [4.69, 9.17) is 5.11 Å². The maximum absolute atomic E-state index is 10.4. The minimum absolute atomic E-state index is 0.0787. The van der Waals surface area contributed by atoms with Gasteiger partial charge in [-0.3, -0.25) is 4.79 Å². The van der Waals surface area contributed by atoms with Gasteiger partial charge in [-0.05, 0) is 12.5 Å². The minimum Gasteiger partial charge on any atom is -0.513 e. The van der Waals surface area contributed by atoms with Crippen molar-refractivity contribution >= 4 is 5.97 Å². The van der Waals surface area contributed by atoms with E-state index in [2.05, 4.69) is 6.92 Å². The Balaban J connectivity index is 3.14. The van der Waals surface area contributed by atoms with E-state index >= 15 is 0 Å². The number of aliphatic hydroxyl groups is 1. The van der Waals surface area contributed by atoms with Crippen LogP contribution in [0.25, 0.3) is 0 Å². The zero-order chi connectivity index (χ0) is 18.6. The topological polar surface area (TPSA) is 57.5 Å². The van der Waals surface area contributed by atoms with Crippen molar-refractivity contribution in [3.63, 3.8) is 0 Å². The highest BCUT2D eigenvalue weighted by Gasteiger charge is 1.98. The number of hydrogen-bond donors (Lipinski definition) is 2. The Morgan fingerprint density at radius 1 is 0.640 bits per heavy atom. The van der Waals surface area contributed by atoms with E-state index in [0.717, 1.165) is 12.8 Å². The fraction of sp³-hybridized carbons (Fsp3) is 0.864. The predicted octanol–water partition coefficient (Wildman–Crippen LogP) is 7.55. The summed E-state index contributed by atoms with van der Waals surface area (Å²) >= 11 is 0. The van der Waals surface area contributed by atoms with Crippen LogP contribution in [0.15, 0.2) is 11.8 Å². The molecule has 0 fully saturated rings. The molecule has 0 aromatic heterocycles. The number of carboxylic acids is 1. The van der Waals surface area contributed by atoms with E-state index in [1.807, 2.05) is 0 Å². The second-order valence-corrected chi connectivity index (χ2v) is 7.35. The van der Waals surface area contributed by atoms with Crippen molar-refractivity contribution in [1.82, 2.24) is 0 Å². The number of carboxylic acid groups (broad SMARTS) is 1. The van der Waals surface area contributed by atoms with E-state index in [1.54, 1.807) is 0 Å². The van der Waals surface area contributed by atoms with Crippen LogP contribution in [0.5, 0.6) is 0 Å². The van der Waals surface area contributed by atoms with E-state index in [-0.39, 0.29) is 12.2 Å². The summed E-state index contributed by atoms with van der Waals surface area (Å²) in [6, 6.07) is 0. The van der Waals surface area contributed by atoms with Gasteiger partial charge in [0.25, 0.3) is 0 Å². The first-order valence-corrected chi connectivity index (χ1v) is 10.8. The molecule has 0 radical (unpaired) electrons. The maximum Gasteiger partial charge on any atom is 0.307 e. The maximum atomic E-state index is 10.4. The Kier molecular flexibility index (Phi) is 18.6. The van der Waals surface area contributed by atoms with Gasteiger partial charge in [0.05, 0.1) is 12.2 Å². The molecule has 0 heterocycles. The van der Waals surface area contributed by atoms with Gasteiger partial charge in [0.15, 0.2) is 0 Å². The van der Waals surface area contributed by atoms with Gasteiger partial charge >= 0.3 is 5.97 Å². The smallest absolute Gasteiger partial charge is 0.307 e. The Bertz CT molecular complexity index is 323. The molecule has 0 aliphatic carbocycles. The standard InChI is InChI=1S/C22H42O3/c1-2-3-4-5-6-7-8-9-10-11-12-13-14-15-16-17-18-21(23)19-20-22(24)25/h19,23H,2-18,20H2,1H3,(H,24,25). The van der Waals surface area contributed by atoms with Gasteiger partial charge in [-0.1, -0.05) is 103 Å². The molecular formula is C22H42O3. The highest BCUT2D eigenvalue weighted by atomic mass is 16.4. The molecule has 3 nitrogen and oxygen atoms in total. The summed E-state index contributed by atoms with van der Waals surface area (Å²) in [7, 11) is 0. The summed E-state index contributed by atoms with van der Waals surface area (Å²) in [5.74, 6) is -0.661. The first kappa shape index (κ1) is 24.0. The zero-order valence-corrected chi connectivity index (χ0v) is 16.6. The van der Waals surface area contributed by atoms with E-state index < -0.39 is 5.97 Å². The van der Waals surface area contributed by atoms with Crippen LogP contribution in [0, 0.1) is 0 Å². The molecule has 0 rings (SSSR count). The normalized spacial score (nSPS) is 11.8. The molecule has 0 unspecified atom stereocenters. The highest BCUT2D eigenvalue weighted by Crippen LogP contribution is 2.14. The van der Waals surface area contributed by atoms with Gasteiger partial charge in [0.1, 0.15) is 0 Å². The number of unbranched alkanes of at least 4 members (excludes halogenated alkanes) is 15. The van der Waals surface area contributed by atoms with Crippen LogP contribution in [-0.4, -0.2) is 16.2 Å². The molecule has 0 bridgehead atoms. The molecule has 0 aromatic rings. The first-order chi connectivity index (χ1) is 12.2. The molecule has 0 aromatic carbocycles.